The molecule has 0 radical (unpaired) electrons. The summed E-state index contributed by atoms with van der Waals surface area (Å²) < 4.78 is 5.47. The summed E-state index contributed by atoms with van der Waals surface area (Å²) in [6.07, 6.45) is 3.33. The van der Waals surface area contributed by atoms with Crippen molar-refractivity contribution in [2.24, 2.45) is 5.92 Å². The van der Waals surface area contributed by atoms with E-state index >= 15 is 0 Å². The molecule has 5 heteroatoms. The van der Waals surface area contributed by atoms with Crippen molar-refractivity contribution in [3.63, 3.8) is 0 Å². The maximum absolute atomic E-state index is 11.8. The number of ether oxygens (including phenoxy) is 1. The Balaban J connectivity index is 1.67. The highest BCUT2D eigenvalue weighted by atomic mass is 16.5. The fourth-order valence-electron chi connectivity index (χ4n) is 1.75. The highest BCUT2D eigenvalue weighted by Gasteiger charge is 2.20. The maximum Gasteiger partial charge on any atom is 0.255 e. The monoisotopic (exact) mass is 264 g/mol. The quantitative estimate of drug-likeness (QED) is 0.396. The second kappa shape index (κ2) is 6.43. The second-order valence-electron chi connectivity index (χ2n) is 4.87. The van der Waals surface area contributed by atoms with E-state index < -0.39 is 0 Å². The fourth-order valence-corrected chi connectivity index (χ4v) is 1.75. The Hall–Kier alpha value is -1.75. The first-order valence-corrected chi connectivity index (χ1v) is 6.62. The third kappa shape index (κ3) is 4.13. The SMILES string of the molecule is Nc1cccc(C(=O)NCCCOCC2CC2)c1O. The number of carbonyl (C=O) groups excluding carboxylic acids is 1. The van der Waals surface area contributed by atoms with Crippen LogP contribution in [0.2, 0.25) is 0 Å². The van der Waals surface area contributed by atoms with E-state index in [2.05, 4.69) is 5.32 Å². The molecule has 0 aliphatic heterocycles. The van der Waals surface area contributed by atoms with Crippen molar-refractivity contribution >= 4 is 11.6 Å². The second-order valence-corrected chi connectivity index (χ2v) is 4.87. The van der Waals surface area contributed by atoms with E-state index in [1.165, 1.54) is 12.8 Å². The van der Waals surface area contributed by atoms with Gasteiger partial charge in [-0.1, -0.05) is 6.07 Å². The summed E-state index contributed by atoms with van der Waals surface area (Å²) >= 11 is 0. The molecule has 19 heavy (non-hydrogen) atoms. The minimum atomic E-state index is -0.313. The van der Waals surface area contributed by atoms with Crippen LogP contribution in [0.5, 0.6) is 5.75 Å². The predicted octanol–water partition coefficient (Wildman–Crippen LogP) is 1.52. The van der Waals surface area contributed by atoms with Crippen LogP contribution in [0.3, 0.4) is 0 Å². The van der Waals surface area contributed by atoms with Gasteiger partial charge in [-0.2, -0.15) is 0 Å². The molecule has 104 valence electrons. The summed E-state index contributed by atoms with van der Waals surface area (Å²) in [4.78, 5) is 11.8. The van der Waals surface area contributed by atoms with Gasteiger partial charge in [-0.05, 0) is 37.3 Å². The normalized spacial score (nSPS) is 14.3. The highest BCUT2D eigenvalue weighted by molar-refractivity contribution is 5.98. The molecular formula is C14H20N2O3. The number of anilines is 1. The molecule has 0 atom stereocenters. The number of carbonyl (C=O) groups is 1. The van der Waals surface area contributed by atoms with Crippen LogP contribution in [0.1, 0.15) is 29.6 Å². The first-order chi connectivity index (χ1) is 9.18. The molecule has 0 saturated heterocycles. The third-order valence-electron chi connectivity index (χ3n) is 3.11. The van der Waals surface area contributed by atoms with Crippen LogP contribution in [-0.4, -0.2) is 30.8 Å². The largest absolute Gasteiger partial charge is 0.505 e. The first kappa shape index (κ1) is 13.7. The van der Waals surface area contributed by atoms with Gasteiger partial charge in [-0.3, -0.25) is 4.79 Å². The van der Waals surface area contributed by atoms with Crippen molar-refractivity contribution in [1.29, 1.82) is 0 Å². The fraction of sp³-hybridized carbons (Fsp3) is 0.500. The minimum absolute atomic E-state index is 0.162. The summed E-state index contributed by atoms with van der Waals surface area (Å²) in [6.45, 7) is 2.02. The lowest BCUT2D eigenvalue weighted by Crippen LogP contribution is -2.25. The Labute approximate surface area is 112 Å². The lowest BCUT2D eigenvalue weighted by Gasteiger charge is -2.08. The van der Waals surface area contributed by atoms with Crippen molar-refractivity contribution in [3.05, 3.63) is 23.8 Å². The average Bonchev–Trinajstić information content (AvgIpc) is 3.20. The number of benzene rings is 1. The molecule has 0 heterocycles. The number of hydrogen-bond donors (Lipinski definition) is 3. The highest BCUT2D eigenvalue weighted by Crippen LogP contribution is 2.28. The van der Waals surface area contributed by atoms with Crippen LogP contribution >= 0.6 is 0 Å². The number of para-hydroxylation sites is 1. The zero-order valence-electron chi connectivity index (χ0n) is 10.9. The molecule has 1 aromatic rings. The summed E-state index contributed by atoms with van der Waals surface area (Å²) in [5.74, 6) is 0.288. The lowest BCUT2D eigenvalue weighted by atomic mass is 10.1. The van der Waals surface area contributed by atoms with Crippen LogP contribution in [0.15, 0.2) is 18.2 Å². The molecule has 1 aromatic carbocycles. The number of phenolic OH excluding ortho intramolecular Hbond substituents is 1. The number of phenols is 1. The van der Waals surface area contributed by atoms with Crippen LogP contribution in [-0.2, 0) is 4.74 Å². The topological polar surface area (TPSA) is 84.6 Å². The van der Waals surface area contributed by atoms with E-state index in [9.17, 15) is 9.90 Å². The molecule has 4 N–H and O–H groups in total. The summed E-state index contributed by atoms with van der Waals surface area (Å²) in [6, 6.07) is 4.74. The molecule has 5 nitrogen and oxygen atoms in total. The van der Waals surface area contributed by atoms with Gasteiger partial charge in [0.25, 0.3) is 5.91 Å². The zero-order chi connectivity index (χ0) is 13.7. The Morgan fingerprint density at radius 1 is 1.47 bits per heavy atom. The zero-order valence-corrected chi connectivity index (χ0v) is 10.9. The number of nitrogens with two attached hydrogens (primary N) is 1. The molecule has 1 aliphatic carbocycles. The number of aromatic hydroxyl groups is 1. The molecule has 1 saturated carbocycles. The van der Waals surface area contributed by atoms with Crippen molar-refractivity contribution in [2.45, 2.75) is 19.3 Å². The van der Waals surface area contributed by atoms with Gasteiger partial charge in [-0.15, -0.1) is 0 Å². The third-order valence-corrected chi connectivity index (χ3v) is 3.11. The number of nitrogen functional groups attached to an aromatic ring is 1. The average molecular weight is 264 g/mol. The van der Waals surface area contributed by atoms with Gasteiger partial charge in [0.1, 0.15) is 0 Å². The summed E-state index contributed by atoms with van der Waals surface area (Å²) in [7, 11) is 0. The molecule has 1 aliphatic rings. The molecule has 0 bridgehead atoms. The van der Waals surface area contributed by atoms with Crippen LogP contribution in [0, 0.1) is 5.92 Å². The van der Waals surface area contributed by atoms with Gasteiger partial charge < -0.3 is 20.9 Å². The number of hydrogen-bond acceptors (Lipinski definition) is 4. The van der Waals surface area contributed by atoms with Crippen molar-refractivity contribution in [1.82, 2.24) is 5.32 Å². The Morgan fingerprint density at radius 3 is 3.00 bits per heavy atom. The van der Waals surface area contributed by atoms with Gasteiger partial charge in [0, 0.05) is 19.8 Å². The van der Waals surface area contributed by atoms with Crippen molar-refractivity contribution in [3.8, 4) is 5.75 Å². The van der Waals surface area contributed by atoms with E-state index in [1.54, 1.807) is 18.2 Å². The van der Waals surface area contributed by atoms with E-state index in [1.807, 2.05) is 0 Å². The molecule has 0 aromatic heterocycles. The van der Waals surface area contributed by atoms with Gasteiger partial charge in [-0.25, -0.2) is 0 Å². The van der Waals surface area contributed by atoms with Crippen LogP contribution in [0.4, 0.5) is 5.69 Å². The van der Waals surface area contributed by atoms with E-state index in [0.29, 0.717) is 13.2 Å². The van der Waals surface area contributed by atoms with Crippen molar-refractivity contribution in [2.75, 3.05) is 25.5 Å². The van der Waals surface area contributed by atoms with Gasteiger partial charge in [0.2, 0.25) is 0 Å². The maximum atomic E-state index is 11.8. The number of nitrogens with one attached hydrogen (secondary N) is 1. The summed E-state index contributed by atoms with van der Waals surface area (Å²) in [5, 5.41) is 12.4. The number of amides is 1. The standard InChI is InChI=1S/C14H20N2O3/c15-12-4-1-3-11(13(12)17)14(18)16-7-2-8-19-9-10-5-6-10/h1,3-4,10,17H,2,5-9,15H2,(H,16,18). The molecule has 0 unspecified atom stereocenters. The summed E-state index contributed by atoms with van der Waals surface area (Å²) in [5.41, 5.74) is 5.95. The van der Waals surface area contributed by atoms with Crippen LogP contribution in [0.25, 0.3) is 0 Å². The van der Waals surface area contributed by atoms with Gasteiger partial charge in [0.15, 0.2) is 5.75 Å². The Bertz CT molecular complexity index is 444. The molecule has 2 rings (SSSR count). The first-order valence-electron chi connectivity index (χ1n) is 6.62. The molecule has 0 spiro atoms. The van der Waals surface area contributed by atoms with Gasteiger partial charge >= 0.3 is 0 Å². The molecule has 1 fully saturated rings. The van der Waals surface area contributed by atoms with E-state index in [-0.39, 0.29) is 22.9 Å². The Morgan fingerprint density at radius 2 is 2.26 bits per heavy atom. The van der Waals surface area contributed by atoms with E-state index in [0.717, 1.165) is 18.9 Å². The van der Waals surface area contributed by atoms with Crippen molar-refractivity contribution < 1.29 is 14.6 Å². The molecular weight excluding hydrogens is 244 g/mol. The number of rotatable bonds is 7. The Kier molecular flexibility index (Phi) is 4.63. The van der Waals surface area contributed by atoms with E-state index in [4.69, 9.17) is 10.5 Å². The van der Waals surface area contributed by atoms with Gasteiger partial charge in [0.05, 0.1) is 11.3 Å². The smallest absolute Gasteiger partial charge is 0.255 e. The molecule has 1 amide bonds. The van der Waals surface area contributed by atoms with Crippen LogP contribution < -0.4 is 11.1 Å². The minimum Gasteiger partial charge on any atom is -0.505 e. The predicted molar refractivity (Wildman–Crippen MR) is 73.0 cm³/mol. The lowest BCUT2D eigenvalue weighted by molar-refractivity contribution is 0.0935.